The van der Waals surface area contributed by atoms with E-state index in [-0.39, 0.29) is 71.2 Å². The molecule has 2 heterocycles. The van der Waals surface area contributed by atoms with Crippen LogP contribution in [0.4, 0.5) is 17.5 Å². The minimum atomic E-state index is -4.00. The summed E-state index contributed by atoms with van der Waals surface area (Å²) in [7, 11) is -2.18. The number of amides is 1. The van der Waals surface area contributed by atoms with Gasteiger partial charge in [0, 0.05) is 36.2 Å². The number of benzene rings is 1. The van der Waals surface area contributed by atoms with Gasteiger partial charge in [0.2, 0.25) is 5.95 Å². The van der Waals surface area contributed by atoms with Gasteiger partial charge in [-0.1, -0.05) is 0 Å². The van der Waals surface area contributed by atoms with E-state index in [4.69, 9.17) is 16.6 Å². The smallest absolute Gasteiger partial charge is 0.748 e. The molecule has 1 aromatic carbocycles. The normalized spacial score (nSPS) is 11.4. The van der Waals surface area contributed by atoms with Crippen LogP contribution < -0.4 is 51.2 Å². The van der Waals surface area contributed by atoms with Gasteiger partial charge in [0.25, 0.3) is 5.91 Å². The molecule has 0 bridgehead atoms. The molecule has 0 aliphatic rings. The number of hydrogen-bond acceptors (Lipinski definition) is 14. The summed E-state index contributed by atoms with van der Waals surface area (Å²) in [4.78, 5) is 52.7. The summed E-state index contributed by atoms with van der Waals surface area (Å²) in [6.45, 7) is 0.370. The number of rotatable bonds is 11. The van der Waals surface area contributed by atoms with E-state index in [1.807, 2.05) is 11.9 Å². The molecule has 0 aliphatic heterocycles. The number of aliphatic carboxylic acids is 2. The summed E-state index contributed by atoms with van der Waals surface area (Å²) in [6.07, 6.45) is 0.964. The van der Waals surface area contributed by atoms with Gasteiger partial charge in [0.1, 0.15) is 6.04 Å². The quantitative estimate of drug-likeness (QED) is 0.0699. The molecule has 19 heteroatoms. The van der Waals surface area contributed by atoms with E-state index in [0.717, 1.165) is 5.69 Å². The Morgan fingerprint density at radius 1 is 1.12 bits per heavy atom. The van der Waals surface area contributed by atoms with Crippen LogP contribution in [0.5, 0.6) is 0 Å². The summed E-state index contributed by atoms with van der Waals surface area (Å²) in [6, 6.07) is 5.16. The average molecular weight is 619 g/mol. The number of carbonyl (C=O) groups excluding carboxylic acids is 1. The molecule has 16 nitrogen and oxygen atoms in total. The third-order valence-electron chi connectivity index (χ3n) is 5.06. The van der Waals surface area contributed by atoms with E-state index < -0.39 is 34.0 Å². The van der Waals surface area contributed by atoms with Gasteiger partial charge >= 0.3 is 41.5 Å². The maximum Gasteiger partial charge on any atom is 1.00 e. The molecule has 0 fully saturated rings. The first-order valence-electron chi connectivity index (χ1n) is 11.4. The minimum absolute atomic E-state index is 0. The van der Waals surface area contributed by atoms with E-state index in [9.17, 15) is 32.5 Å². The molecule has 216 valence electrons. The summed E-state index contributed by atoms with van der Waals surface area (Å²) in [5.41, 5.74) is 13.7. The summed E-state index contributed by atoms with van der Waals surface area (Å²) < 4.78 is 28.9. The van der Waals surface area contributed by atoms with Crippen LogP contribution in [0.1, 0.15) is 28.9 Å². The predicted molar refractivity (Wildman–Crippen MR) is 147 cm³/mol. The van der Waals surface area contributed by atoms with Gasteiger partial charge in [-0.3, -0.25) is 9.59 Å². The zero-order chi connectivity index (χ0) is 30.0. The van der Waals surface area contributed by atoms with Crippen molar-refractivity contribution in [2.75, 3.05) is 34.9 Å². The number of carboxylic acid groups (broad SMARTS) is 2. The number of fused-ring (bicyclic) bond motifs is 1. The molecule has 0 unspecified atom stereocenters. The Labute approximate surface area is 262 Å². The van der Waals surface area contributed by atoms with Crippen LogP contribution in [0.2, 0.25) is 0 Å². The number of nitrogen functional groups attached to an aromatic ring is 2. The van der Waals surface area contributed by atoms with Crippen LogP contribution >= 0.6 is 12.6 Å². The Balaban J connectivity index is 0.000000933. The molecule has 41 heavy (non-hydrogen) atoms. The van der Waals surface area contributed by atoms with Gasteiger partial charge in [-0.05, 0) is 30.7 Å². The molecule has 0 saturated heterocycles. The van der Waals surface area contributed by atoms with Crippen molar-refractivity contribution in [1.29, 1.82) is 0 Å². The molecule has 0 saturated carbocycles. The van der Waals surface area contributed by atoms with E-state index in [2.05, 4.69) is 37.9 Å². The maximum absolute atomic E-state index is 12.4. The Kier molecular flexibility index (Phi) is 14.1. The minimum Gasteiger partial charge on any atom is -0.748 e. The summed E-state index contributed by atoms with van der Waals surface area (Å²) >= 11 is 3.53. The second kappa shape index (κ2) is 16.2. The Bertz CT molecular complexity index is 1480. The third kappa shape index (κ3) is 12.0. The SMILES string of the molecule is CN(Cc1cnc2nc(N)nc(N)c2n1)c1ccc(C(=O)N[C@@H](CCC(=O)O)C(=O)O)cc1.O=S(=O)([O-])CCS.[Na+]. The first-order valence-corrected chi connectivity index (χ1v) is 13.6. The van der Waals surface area contributed by atoms with E-state index >= 15 is 0 Å². The van der Waals surface area contributed by atoms with Gasteiger partial charge in [-0.15, -0.1) is 0 Å². The van der Waals surface area contributed by atoms with Crippen molar-refractivity contribution in [3.8, 4) is 0 Å². The number of carbonyl (C=O) groups is 3. The van der Waals surface area contributed by atoms with Crippen molar-refractivity contribution in [3.63, 3.8) is 0 Å². The number of aromatic nitrogens is 4. The van der Waals surface area contributed by atoms with Crippen molar-refractivity contribution in [2.45, 2.75) is 25.4 Å². The number of hydrogen-bond donors (Lipinski definition) is 6. The van der Waals surface area contributed by atoms with Gasteiger partial charge in [-0.25, -0.2) is 23.2 Å². The van der Waals surface area contributed by atoms with Crippen molar-refractivity contribution in [2.24, 2.45) is 0 Å². The topological polar surface area (TPSA) is 268 Å². The van der Waals surface area contributed by atoms with Crippen LogP contribution in [-0.2, 0) is 26.3 Å². The van der Waals surface area contributed by atoms with Gasteiger partial charge in [0.15, 0.2) is 17.0 Å². The van der Waals surface area contributed by atoms with E-state index in [1.54, 1.807) is 18.3 Å². The zero-order valence-electron chi connectivity index (χ0n) is 22.1. The Hall–Kier alpha value is -3.29. The molecule has 1 atom stereocenters. The zero-order valence-corrected chi connectivity index (χ0v) is 25.8. The molecular formula is C22H27N8NaO8S2. The molecule has 1 amide bonds. The molecular weight excluding hydrogens is 591 g/mol. The second-order valence-corrected chi connectivity index (χ2v) is 10.2. The van der Waals surface area contributed by atoms with Crippen molar-refractivity contribution in [1.82, 2.24) is 25.3 Å². The van der Waals surface area contributed by atoms with Gasteiger partial charge in [0.05, 0.1) is 28.6 Å². The monoisotopic (exact) mass is 618 g/mol. The van der Waals surface area contributed by atoms with E-state index in [1.165, 1.54) is 12.1 Å². The van der Waals surface area contributed by atoms with Gasteiger partial charge < -0.3 is 36.4 Å². The number of anilines is 3. The first-order chi connectivity index (χ1) is 18.7. The predicted octanol–water partition coefficient (Wildman–Crippen LogP) is -3.27. The Morgan fingerprint density at radius 3 is 2.27 bits per heavy atom. The number of nitrogens with one attached hydrogen (secondary N) is 1. The fourth-order valence-electron chi connectivity index (χ4n) is 3.14. The number of nitrogens with zero attached hydrogens (tertiary/aromatic N) is 5. The molecule has 7 N–H and O–H groups in total. The number of carboxylic acids is 2. The van der Waals surface area contributed by atoms with E-state index in [0.29, 0.717) is 23.4 Å². The van der Waals surface area contributed by atoms with Crippen molar-refractivity contribution in [3.05, 3.63) is 41.7 Å². The van der Waals surface area contributed by atoms with Gasteiger partial charge in [-0.2, -0.15) is 22.6 Å². The van der Waals surface area contributed by atoms with Crippen molar-refractivity contribution < 1.29 is 67.1 Å². The molecule has 0 radical (unpaired) electrons. The standard InChI is InChI=1S/C20H22N8O5.C2H6O3S2.Na/c1-28(9-11-8-23-17-15(24-11)16(21)26-20(22)27-17)12-4-2-10(3-5-12)18(31)25-13(19(32)33)6-7-14(29)30;3-7(4,5)2-1-6;/h2-5,8,13H,6-7,9H2,1H3,(H,25,31)(H,29,30)(H,32,33)(H4,21,22,23,26,27);6H,1-2H2,(H,3,4,5);/q;;+1/p-1/t13-;;/m0../s1. The van der Waals surface area contributed by atoms with Crippen molar-refractivity contribution >= 4 is 69.2 Å². The summed E-state index contributed by atoms with van der Waals surface area (Å²) in [5, 5.41) is 20.2. The number of thiol groups is 1. The molecule has 3 rings (SSSR count). The largest absolute Gasteiger partial charge is 1.00 e. The van der Waals surface area contributed by atoms with Crippen LogP contribution in [0, 0.1) is 0 Å². The fourth-order valence-corrected chi connectivity index (χ4v) is 4.03. The average Bonchev–Trinajstić information content (AvgIpc) is 2.86. The maximum atomic E-state index is 12.4. The fraction of sp³-hybridized carbons (Fsp3) is 0.318. The summed E-state index contributed by atoms with van der Waals surface area (Å²) in [5.74, 6) is -3.18. The molecule has 2 aromatic heterocycles. The second-order valence-electron chi connectivity index (χ2n) is 8.19. The Morgan fingerprint density at radius 2 is 1.76 bits per heavy atom. The number of nitrogens with two attached hydrogens (primary N) is 2. The molecule has 0 spiro atoms. The van der Waals surface area contributed by atoms with Crippen LogP contribution in [0.25, 0.3) is 11.2 Å². The van der Waals surface area contributed by atoms with Crippen LogP contribution in [-0.4, -0.2) is 85.6 Å². The van der Waals surface area contributed by atoms with Crippen LogP contribution in [0.15, 0.2) is 30.5 Å². The first kappa shape index (κ1) is 35.7. The third-order valence-corrected chi connectivity index (χ3v) is 6.29. The molecule has 3 aromatic rings. The molecule has 0 aliphatic carbocycles. The van der Waals surface area contributed by atoms with Crippen LogP contribution in [0.3, 0.4) is 0 Å².